The minimum atomic E-state index is 0.275. The number of unbranched alkanes of at least 4 members (excludes halogenated alkanes) is 3. The molecule has 1 aliphatic rings. The molecule has 0 amide bonds. The molecule has 2 nitrogen and oxygen atoms in total. The lowest BCUT2D eigenvalue weighted by molar-refractivity contribution is 0.391. The van der Waals surface area contributed by atoms with E-state index >= 15 is 0 Å². The maximum atomic E-state index is 3.65. The zero-order valence-electron chi connectivity index (χ0n) is 12.2. The summed E-state index contributed by atoms with van der Waals surface area (Å²) in [4.78, 5) is 2.27. The molecular weight excluding hydrogens is 252 g/mol. The molecule has 3 heteroatoms. The highest BCUT2D eigenvalue weighted by Crippen LogP contribution is 2.16. The molecule has 0 radical (unpaired) electrons. The summed E-state index contributed by atoms with van der Waals surface area (Å²) >= 11 is 0. The highest BCUT2D eigenvalue weighted by molar-refractivity contribution is 8.07. The average molecular weight is 278 g/mol. The quantitative estimate of drug-likeness (QED) is 0.609. The molecule has 0 spiro atoms. The summed E-state index contributed by atoms with van der Waals surface area (Å²) in [5.74, 6) is 1.30. The molecule has 0 bridgehead atoms. The van der Waals surface area contributed by atoms with Gasteiger partial charge in [-0.3, -0.25) is 4.72 Å². The first-order valence-electron chi connectivity index (χ1n) is 7.29. The maximum Gasteiger partial charge on any atom is 0.0244 e. The van der Waals surface area contributed by atoms with Crippen LogP contribution in [0.4, 0.5) is 0 Å². The van der Waals surface area contributed by atoms with Crippen LogP contribution in [0.15, 0.2) is 24.3 Å². The van der Waals surface area contributed by atoms with Crippen molar-refractivity contribution in [1.82, 2.24) is 9.62 Å². The van der Waals surface area contributed by atoms with Gasteiger partial charge in [0.1, 0.15) is 0 Å². The van der Waals surface area contributed by atoms with Crippen molar-refractivity contribution in [3.63, 3.8) is 0 Å². The molecule has 2 rings (SSSR count). The van der Waals surface area contributed by atoms with Crippen LogP contribution >= 0.6 is 10.7 Å². The van der Waals surface area contributed by atoms with Crippen molar-refractivity contribution in [3.8, 4) is 0 Å². The topological polar surface area (TPSA) is 15.3 Å². The van der Waals surface area contributed by atoms with Crippen molar-refractivity contribution < 1.29 is 0 Å². The summed E-state index contributed by atoms with van der Waals surface area (Å²) < 4.78 is 5.16. The summed E-state index contributed by atoms with van der Waals surface area (Å²) in [5, 5.41) is 1.44. The maximum absolute atomic E-state index is 3.65. The van der Waals surface area contributed by atoms with Gasteiger partial charge in [-0.1, -0.05) is 37.1 Å². The summed E-state index contributed by atoms with van der Waals surface area (Å²) in [6, 6.07) is 8.83. The van der Waals surface area contributed by atoms with Crippen LogP contribution in [0, 0.1) is 4.51 Å². The van der Waals surface area contributed by atoms with E-state index in [2.05, 4.69) is 54.1 Å². The number of fused-ring (bicyclic) bond motifs is 1. The molecule has 106 valence electrons. The lowest BCUT2D eigenvalue weighted by Crippen LogP contribution is -2.19. The lowest BCUT2D eigenvalue weighted by atomic mass is 10.2. The standard InChI is InChI=1S/C16H26N2S/c1-18(2)13-7-3-4-8-14-19-16-10-6-5-9-15(16)11-12-17-19/h5-6,9-11,17H,3-4,7-8,12-14H2,1-2H3. The lowest BCUT2D eigenvalue weighted by Gasteiger charge is -2.14. The Kier molecular flexibility index (Phi) is 6.08. The van der Waals surface area contributed by atoms with Gasteiger partial charge in [0.25, 0.3) is 0 Å². The Morgan fingerprint density at radius 3 is 2.74 bits per heavy atom. The second-order valence-corrected chi connectivity index (χ2v) is 7.32. The van der Waals surface area contributed by atoms with E-state index in [1.165, 1.54) is 47.7 Å². The predicted octanol–water partition coefficient (Wildman–Crippen LogP) is 2.63. The summed E-state index contributed by atoms with van der Waals surface area (Å²) in [5.41, 5.74) is 0. The van der Waals surface area contributed by atoms with Gasteiger partial charge in [-0.25, -0.2) is 0 Å². The van der Waals surface area contributed by atoms with Gasteiger partial charge in [-0.2, -0.15) is 0 Å². The van der Waals surface area contributed by atoms with Gasteiger partial charge in [0.2, 0.25) is 0 Å². The Hall–Kier alpha value is -0.640. The fourth-order valence-corrected chi connectivity index (χ4v) is 4.39. The molecule has 19 heavy (non-hydrogen) atoms. The van der Waals surface area contributed by atoms with E-state index in [4.69, 9.17) is 0 Å². The summed E-state index contributed by atoms with van der Waals surface area (Å²) in [6.45, 7) is 2.25. The van der Waals surface area contributed by atoms with E-state index in [-0.39, 0.29) is 10.7 Å². The smallest absolute Gasteiger partial charge is 0.0244 e. The van der Waals surface area contributed by atoms with E-state index < -0.39 is 0 Å². The highest BCUT2D eigenvalue weighted by atomic mass is 32.2. The SMILES string of the molecule is CN(C)CCCCCCS1=c2ccccc2=CCN1. The molecule has 1 aliphatic heterocycles. The van der Waals surface area contributed by atoms with Crippen molar-refractivity contribution in [3.05, 3.63) is 34.0 Å². The van der Waals surface area contributed by atoms with Gasteiger partial charge in [-0.05, 0) is 44.8 Å². The zero-order chi connectivity index (χ0) is 13.5. The molecule has 1 N–H and O–H groups in total. The summed E-state index contributed by atoms with van der Waals surface area (Å²) in [7, 11) is 4.58. The molecule has 0 fully saturated rings. The number of rotatable bonds is 7. The minimum absolute atomic E-state index is 0.275. The van der Waals surface area contributed by atoms with Crippen LogP contribution in [0.5, 0.6) is 0 Å². The molecule has 0 saturated carbocycles. The molecule has 1 aromatic rings. The van der Waals surface area contributed by atoms with Crippen molar-refractivity contribution in [1.29, 1.82) is 0 Å². The predicted molar refractivity (Wildman–Crippen MR) is 86.9 cm³/mol. The fraction of sp³-hybridized carbons (Fsp3) is 0.562. The monoisotopic (exact) mass is 278 g/mol. The van der Waals surface area contributed by atoms with Crippen LogP contribution in [0.25, 0.3) is 6.08 Å². The van der Waals surface area contributed by atoms with Gasteiger partial charge < -0.3 is 4.90 Å². The second-order valence-electron chi connectivity index (χ2n) is 5.40. The molecule has 1 unspecified atom stereocenters. The first-order chi connectivity index (χ1) is 9.27. The van der Waals surface area contributed by atoms with Gasteiger partial charge in [0.15, 0.2) is 0 Å². The number of hydrogen-bond donors (Lipinski definition) is 1. The van der Waals surface area contributed by atoms with Gasteiger partial charge >= 0.3 is 0 Å². The Balaban J connectivity index is 1.82. The highest BCUT2D eigenvalue weighted by Gasteiger charge is 2.02. The van der Waals surface area contributed by atoms with Gasteiger partial charge in [0, 0.05) is 16.8 Å². The molecule has 0 saturated heterocycles. The molecule has 0 aliphatic carbocycles. The van der Waals surface area contributed by atoms with Crippen LogP contribution in [-0.2, 0) is 0 Å². The van der Waals surface area contributed by atoms with Crippen LogP contribution in [0.3, 0.4) is 0 Å². The molecule has 0 aromatic heterocycles. The van der Waals surface area contributed by atoms with Crippen LogP contribution in [0.1, 0.15) is 25.7 Å². The second kappa shape index (κ2) is 7.83. The minimum Gasteiger partial charge on any atom is -0.309 e. The van der Waals surface area contributed by atoms with Crippen molar-refractivity contribution in [2.45, 2.75) is 25.7 Å². The number of nitrogens with zero attached hydrogens (tertiary/aromatic N) is 1. The first kappa shape index (κ1) is 14.8. The summed E-state index contributed by atoms with van der Waals surface area (Å²) in [6.07, 6.45) is 7.71. The third kappa shape index (κ3) is 4.75. The molecular formula is C16H26N2S. The fourth-order valence-electron chi connectivity index (χ4n) is 2.41. The van der Waals surface area contributed by atoms with Gasteiger partial charge in [-0.15, -0.1) is 10.7 Å². The Morgan fingerprint density at radius 1 is 1.11 bits per heavy atom. The van der Waals surface area contributed by atoms with E-state index in [1.54, 1.807) is 0 Å². The third-order valence-corrected chi connectivity index (χ3v) is 5.58. The van der Waals surface area contributed by atoms with E-state index in [0.29, 0.717) is 0 Å². The van der Waals surface area contributed by atoms with E-state index in [9.17, 15) is 0 Å². The van der Waals surface area contributed by atoms with Crippen LogP contribution in [0.2, 0.25) is 0 Å². The van der Waals surface area contributed by atoms with Crippen molar-refractivity contribution in [2.75, 3.05) is 32.9 Å². The van der Waals surface area contributed by atoms with Gasteiger partial charge in [0.05, 0.1) is 0 Å². The zero-order valence-corrected chi connectivity index (χ0v) is 13.0. The largest absolute Gasteiger partial charge is 0.309 e. The van der Waals surface area contributed by atoms with E-state index in [1.807, 2.05) is 0 Å². The van der Waals surface area contributed by atoms with Crippen LogP contribution < -0.4 is 9.94 Å². The Labute approximate surface area is 119 Å². The first-order valence-corrected chi connectivity index (χ1v) is 8.68. The number of nitrogens with one attached hydrogen (secondary N) is 1. The normalized spacial score (nSPS) is 18.2. The Morgan fingerprint density at radius 2 is 1.89 bits per heavy atom. The van der Waals surface area contributed by atoms with Crippen LogP contribution in [-0.4, -0.2) is 37.8 Å². The Bertz CT molecular complexity index is 508. The number of hydrogen-bond acceptors (Lipinski definition) is 2. The third-order valence-electron chi connectivity index (χ3n) is 3.47. The molecule has 1 aromatic carbocycles. The number of benzene rings is 1. The van der Waals surface area contributed by atoms with Crippen molar-refractivity contribution >= 4 is 16.7 Å². The van der Waals surface area contributed by atoms with E-state index in [0.717, 1.165) is 6.54 Å². The van der Waals surface area contributed by atoms with Crippen molar-refractivity contribution in [2.24, 2.45) is 0 Å². The molecule has 1 heterocycles. The molecule has 1 atom stereocenters. The average Bonchev–Trinajstić information content (AvgIpc) is 2.42.